The zero-order chi connectivity index (χ0) is 65.6. The van der Waals surface area contributed by atoms with Crippen LogP contribution in [-0.4, -0.2) is 108 Å². The van der Waals surface area contributed by atoms with Crippen LogP contribution in [-0.2, 0) is 4.74 Å². The Bertz CT molecular complexity index is 2610. The van der Waals surface area contributed by atoms with E-state index in [0.29, 0.717) is 18.4 Å². The molecule has 0 spiro atoms. The van der Waals surface area contributed by atoms with Crippen molar-refractivity contribution in [2.75, 3.05) is 13.2 Å². The quantitative estimate of drug-likeness (QED) is 0.0459. The molecule has 0 saturated carbocycles. The fraction of sp³-hybridized carbons (Fsp3) is 0.604. The van der Waals surface area contributed by atoms with Gasteiger partial charge in [-0.2, -0.15) is 149 Å². The van der Waals surface area contributed by atoms with Gasteiger partial charge in [0.05, 0.1) is 13.2 Å². The summed E-state index contributed by atoms with van der Waals surface area (Å²) < 4.78 is 475. The molecule has 3 rings (SSSR count). The van der Waals surface area contributed by atoms with E-state index in [1.807, 2.05) is 13.8 Å². The summed E-state index contributed by atoms with van der Waals surface area (Å²) >= 11 is 0. The normalized spacial score (nSPS) is 17.2. The summed E-state index contributed by atoms with van der Waals surface area (Å²) in [5, 5.41) is 0. The smallest absolute Gasteiger partial charge is 0.460 e. The topological polar surface area (TPSA) is 18.5 Å². The Hall–Kier alpha value is -5.25. The predicted octanol–water partition coefficient (Wildman–Crippen LogP) is 19.7. The summed E-state index contributed by atoms with van der Waals surface area (Å²) in [5.41, 5.74) is 1.51. The van der Waals surface area contributed by atoms with Crippen molar-refractivity contribution in [3.8, 4) is 5.75 Å². The highest BCUT2D eigenvalue weighted by molar-refractivity contribution is 5.75. The minimum absolute atomic E-state index is 0.0112. The number of benzene rings is 2. The van der Waals surface area contributed by atoms with Gasteiger partial charge < -0.3 is 9.47 Å². The van der Waals surface area contributed by atoms with E-state index in [4.69, 9.17) is 9.47 Å². The molecular formula is C48H39F34O2-. The number of ether oxygens (including phenoxy) is 2. The van der Waals surface area contributed by atoms with Crippen molar-refractivity contribution in [3.05, 3.63) is 102 Å². The van der Waals surface area contributed by atoms with E-state index in [9.17, 15) is 149 Å². The summed E-state index contributed by atoms with van der Waals surface area (Å²) in [5.74, 6) is -116. The molecule has 2 atom stereocenters. The molecule has 0 aromatic heterocycles. The third-order valence-corrected chi connectivity index (χ3v) is 12.9. The van der Waals surface area contributed by atoms with Gasteiger partial charge in [0.2, 0.25) is 0 Å². The van der Waals surface area contributed by atoms with Crippen LogP contribution in [0.5, 0.6) is 5.75 Å². The first-order valence-electron chi connectivity index (χ1n) is 23.2. The van der Waals surface area contributed by atoms with Gasteiger partial charge in [0, 0.05) is 18.6 Å². The van der Waals surface area contributed by atoms with Crippen LogP contribution in [0.15, 0.2) is 84.2 Å². The first-order chi connectivity index (χ1) is 37.4. The molecule has 36 heteroatoms. The van der Waals surface area contributed by atoms with E-state index in [1.165, 1.54) is 24.6 Å². The predicted molar refractivity (Wildman–Crippen MR) is 224 cm³/mol. The Labute approximate surface area is 450 Å². The second-order valence-corrected chi connectivity index (χ2v) is 18.8. The molecule has 0 amide bonds. The Morgan fingerprint density at radius 2 is 0.786 bits per heavy atom. The van der Waals surface area contributed by atoms with Crippen molar-refractivity contribution in [2.45, 2.75) is 160 Å². The number of alkyl halides is 34. The van der Waals surface area contributed by atoms with Crippen LogP contribution in [0.2, 0.25) is 0 Å². The van der Waals surface area contributed by atoms with Gasteiger partial charge in [-0.3, -0.25) is 0 Å². The van der Waals surface area contributed by atoms with Crippen LogP contribution in [0.3, 0.4) is 0 Å². The van der Waals surface area contributed by atoms with Crippen LogP contribution in [0.1, 0.15) is 75.8 Å². The lowest BCUT2D eigenvalue weighted by Crippen LogP contribution is -2.74. The van der Waals surface area contributed by atoms with E-state index in [2.05, 4.69) is 0 Å². The van der Waals surface area contributed by atoms with Crippen LogP contribution in [0.4, 0.5) is 149 Å². The van der Waals surface area contributed by atoms with Gasteiger partial charge in [-0.1, -0.05) is 74.7 Å². The highest BCUT2D eigenvalue weighted by Gasteiger charge is 2.97. The van der Waals surface area contributed by atoms with E-state index >= 15 is 0 Å². The van der Waals surface area contributed by atoms with Gasteiger partial charge in [0.25, 0.3) is 0 Å². The highest BCUT2D eigenvalue weighted by atomic mass is 19.4. The Balaban J connectivity index is 1.87. The summed E-state index contributed by atoms with van der Waals surface area (Å²) in [4.78, 5) is 0. The zero-order valence-corrected chi connectivity index (χ0v) is 41.7. The third kappa shape index (κ3) is 12.6. The number of halogens is 34. The lowest BCUT2D eigenvalue weighted by molar-refractivity contribution is -0.461. The molecule has 2 nitrogen and oxygen atoms in total. The molecule has 0 saturated heterocycles. The minimum Gasteiger partial charge on any atom is -0.537 e. The first kappa shape index (κ1) is 73.0. The molecule has 482 valence electrons. The maximum atomic E-state index is 14.5. The van der Waals surface area contributed by atoms with Crippen molar-refractivity contribution in [1.82, 2.24) is 0 Å². The molecule has 2 unspecified atom stereocenters. The monoisotopic (exact) mass is 1290 g/mol. The van der Waals surface area contributed by atoms with Crippen LogP contribution in [0.25, 0.3) is 5.57 Å². The fourth-order valence-corrected chi connectivity index (χ4v) is 7.54. The maximum Gasteiger partial charge on any atom is 0.460 e. The van der Waals surface area contributed by atoms with Crippen LogP contribution in [0, 0.1) is 12.3 Å². The number of rotatable bonds is 29. The van der Waals surface area contributed by atoms with Gasteiger partial charge in [-0.15, -0.1) is 35.8 Å². The third-order valence-electron chi connectivity index (χ3n) is 12.9. The van der Waals surface area contributed by atoms with Gasteiger partial charge in [0.1, 0.15) is 5.75 Å². The molecule has 2 aromatic carbocycles. The summed E-state index contributed by atoms with van der Waals surface area (Å²) in [6, 6.07) is 12.9. The molecule has 84 heavy (non-hydrogen) atoms. The second kappa shape index (κ2) is 23.8. The number of hydrogen-bond donors (Lipinski definition) is 0. The average Bonchev–Trinajstić information content (AvgIpc) is 1.14. The molecule has 1 aliphatic carbocycles. The Morgan fingerprint density at radius 1 is 0.429 bits per heavy atom. The van der Waals surface area contributed by atoms with Gasteiger partial charge >= 0.3 is 95.3 Å². The van der Waals surface area contributed by atoms with Crippen molar-refractivity contribution in [3.63, 3.8) is 0 Å². The second-order valence-electron chi connectivity index (χ2n) is 18.8. The van der Waals surface area contributed by atoms with Crippen LogP contribution >= 0.6 is 0 Å². The van der Waals surface area contributed by atoms with E-state index < -0.39 is 146 Å². The molecule has 0 aliphatic heterocycles. The van der Waals surface area contributed by atoms with Crippen molar-refractivity contribution in [2.24, 2.45) is 5.92 Å². The zero-order valence-electron chi connectivity index (χ0n) is 41.7. The number of allylic oxidation sites excluding steroid dienone is 5. The Kier molecular flexibility index (Phi) is 20.7. The molecule has 0 heterocycles. The lowest BCUT2D eigenvalue weighted by Gasteiger charge is -2.42. The average molecular weight is 1290 g/mol. The summed E-state index contributed by atoms with van der Waals surface area (Å²) in [6.45, 7) is 1.12. The largest absolute Gasteiger partial charge is 0.537 e. The van der Waals surface area contributed by atoms with Gasteiger partial charge in [0.15, 0.2) is 0 Å². The summed E-state index contributed by atoms with van der Waals surface area (Å²) in [7, 11) is 0. The van der Waals surface area contributed by atoms with Crippen molar-refractivity contribution >= 4 is 5.57 Å². The summed E-state index contributed by atoms with van der Waals surface area (Å²) in [6.07, 6.45) is -19.1. The molecule has 0 radical (unpaired) electrons. The van der Waals surface area contributed by atoms with E-state index in [0.717, 1.165) is 29.8 Å². The lowest BCUT2D eigenvalue weighted by atomic mass is 9.80. The first-order valence-corrected chi connectivity index (χ1v) is 23.2. The highest BCUT2D eigenvalue weighted by Crippen LogP contribution is 2.66. The standard InChI is InChI=1S/C48H39F34O2/c1-3-25(2)23-29(26-9-5-4-6-10-26)24-32(27-11-15-30(16-12-27)83-21-7-19-33(49,50)35(53,54)37(57,58)39(61,62)41(65,66)43(69,70)45(73,74)47(77,78)79)28-13-17-31(18-14-28)84-22-8-20-34(51,52)36(55,56)38(59,60)40(63,64)42(67,68)44(71,72)46(75,76)48(80,81)82/h4-6,9-18,25,29H,3,7-8,19-24H2,1-2H3/q-1. The van der Waals surface area contributed by atoms with E-state index in [-0.39, 0.29) is 29.4 Å². The Morgan fingerprint density at radius 3 is 1.13 bits per heavy atom. The SMILES string of the molecule is CCC(C)CC(CC(=C1C=CC(OCCCC(F)(F)C(F)(F)C(F)(F)C(F)(F)C(F)(F)C(F)(F)C(F)(F)C(F)(F)F)=C[CH-]1)c1ccc(OCCCC(F)(F)C(F)(F)C(F)(F)C(F)(F)C(F)(F)C(F)(F)C(F)(F)C(F)(F)F)cc1)c1ccccc1. The van der Waals surface area contributed by atoms with Gasteiger partial charge in [-0.05, 0) is 48.8 Å². The molecule has 2 aromatic rings. The number of hydrogen-bond acceptors (Lipinski definition) is 2. The maximum absolute atomic E-state index is 14.5. The molecule has 0 bridgehead atoms. The fourth-order valence-electron chi connectivity index (χ4n) is 7.54. The van der Waals surface area contributed by atoms with Crippen molar-refractivity contribution in [1.29, 1.82) is 0 Å². The van der Waals surface area contributed by atoms with Gasteiger partial charge in [-0.25, -0.2) is 0 Å². The molecule has 0 N–H and O–H groups in total. The molecule has 1 aliphatic rings. The molecular weight excluding hydrogens is 1250 g/mol. The molecule has 0 fully saturated rings. The minimum atomic E-state index is -8.81. The van der Waals surface area contributed by atoms with Crippen molar-refractivity contribution < 1.29 is 159 Å². The van der Waals surface area contributed by atoms with E-state index in [1.54, 1.807) is 30.3 Å². The van der Waals surface area contributed by atoms with Crippen LogP contribution < -0.4 is 4.74 Å².